The van der Waals surface area contributed by atoms with Gasteiger partial charge in [0.2, 0.25) is 0 Å². The van der Waals surface area contributed by atoms with E-state index in [9.17, 15) is 0 Å². The van der Waals surface area contributed by atoms with Crippen LogP contribution in [0.3, 0.4) is 0 Å². The second-order valence-corrected chi connectivity index (χ2v) is 7.02. The van der Waals surface area contributed by atoms with Crippen LogP contribution in [0.1, 0.15) is 53.4 Å². The van der Waals surface area contributed by atoms with Crippen molar-refractivity contribution in [3.05, 3.63) is 0 Å². The maximum absolute atomic E-state index is 8.71. The molecule has 1 heterocycles. The summed E-state index contributed by atoms with van der Waals surface area (Å²) in [6.45, 7) is 12.4. The highest BCUT2D eigenvalue weighted by Crippen LogP contribution is 2.29. The Labute approximate surface area is 111 Å². The van der Waals surface area contributed by atoms with Crippen molar-refractivity contribution in [2.45, 2.75) is 53.4 Å². The van der Waals surface area contributed by atoms with E-state index in [1.807, 2.05) is 13.8 Å². The van der Waals surface area contributed by atoms with Gasteiger partial charge in [-0.05, 0) is 37.8 Å². The first-order valence-corrected chi connectivity index (χ1v) is 6.97. The number of amidine groups is 1. The molecular weight excluding hydrogens is 226 g/mol. The molecule has 0 aromatic carbocycles. The molecule has 0 aromatic rings. The normalized spacial score (nSPS) is 21.4. The molecule has 4 heteroatoms. The van der Waals surface area contributed by atoms with Crippen molar-refractivity contribution in [1.29, 1.82) is 0 Å². The molecule has 0 bridgehead atoms. The lowest BCUT2D eigenvalue weighted by Gasteiger charge is -2.23. The zero-order chi connectivity index (χ0) is 13.8. The Morgan fingerprint density at radius 2 is 2.06 bits per heavy atom. The van der Waals surface area contributed by atoms with Crippen molar-refractivity contribution in [2.24, 2.45) is 21.7 Å². The second-order valence-electron chi connectivity index (χ2n) is 7.02. The van der Waals surface area contributed by atoms with Crippen LogP contribution in [0.25, 0.3) is 0 Å². The highest BCUT2D eigenvalue weighted by atomic mass is 16.4. The van der Waals surface area contributed by atoms with E-state index in [0.717, 1.165) is 12.8 Å². The highest BCUT2D eigenvalue weighted by molar-refractivity contribution is 5.85. The average Bonchev–Trinajstić information content (AvgIpc) is 2.63. The molecule has 1 aliphatic rings. The van der Waals surface area contributed by atoms with E-state index in [0.29, 0.717) is 11.3 Å². The van der Waals surface area contributed by atoms with E-state index in [1.165, 1.54) is 32.5 Å². The van der Waals surface area contributed by atoms with Crippen molar-refractivity contribution in [3.8, 4) is 0 Å². The average molecular weight is 255 g/mol. The Hall–Kier alpha value is -0.770. The molecule has 106 valence electrons. The lowest BCUT2D eigenvalue weighted by atomic mass is 9.86. The summed E-state index contributed by atoms with van der Waals surface area (Å²) in [5.74, 6) is 0.338. The second kappa shape index (κ2) is 5.91. The highest BCUT2D eigenvalue weighted by Gasteiger charge is 2.28. The van der Waals surface area contributed by atoms with Crippen LogP contribution in [-0.2, 0) is 0 Å². The number of hydrogen-bond acceptors (Lipinski definition) is 3. The molecule has 0 aliphatic carbocycles. The minimum atomic E-state index is -0.195. The van der Waals surface area contributed by atoms with Gasteiger partial charge in [0.15, 0.2) is 0 Å². The third-order valence-electron chi connectivity index (χ3n) is 4.08. The van der Waals surface area contributed by atoms with E-state index in [4.69, 9.17) is 10.9 Å². The van der Waals surface area contributed by atoms with E-state index in [1.54, 1.807) is 0 Å². The van der Waals surface area contributed by atoms with E-state index >= 15 is 0 Å². The summed E-state index contributed by atoms with van der Waals surface area (Å²) in [5, 5.41) is 11.8. The van der Waals surface area contributed by atoms with Crippen molar-refractivity contribution < 1.29 is 5.21 Å². The van der Waals surface area contributed by atoms with Crippen LogP contribution in [0.4, 0.5) is 0 Å². The van der Waals surface area contributed by atoms with Gasteiger partial charge in [-0.15, -0.1) is 0 Å². The molecule has 0 atom stereocenters. The topological polar surface area (TPSA) is 61.8 Å². The molecule has 0 aromatic heterocycles. The van der Waals surface area contributed by atoms with E-state index < -0.39 is 0 Å². The Balaban J connectivity index is 2.20. The minimum absolute atomic E-state index is 0.195. The number of rotatable bonds is 6. The molecule has 0 amide bonds. The standard InChI is InChI=1S/C14H29N3O/c1-13(2)8-10-17(11-13)9-6-5-7-14(3,4)12(15)16-18/h18H,5-11H2,1-4H3,(H2,15,16). The molecular formula is C14H29N3O. The molecule has 1 rings (SSSR count). The van der Waals surface area contributed by atoms with Gasteiger partial charge in [-0.25, -0.2) is 0 Å². The molecule has 3 N–H and O–H groups in total. The predicted molar refractivity (Wildman–Crippen MR) is 75.9 cm³/mol. The molecule has 0 unspecified atom stereocenters. The number of hydrogen-bond donors (Lipinski definition) is 2. The van der Waals surface area contributed by atoms with Crippen molar-refractivity contribution in [1.82, 2.24) is 4.90 Å². The first-order chi connectivity index (χ1) is 8.27. The zero-order valence-electron chi connectivity index (χ0n) is 12.4. The quantitative estimate of drug-likeness (QED) is 0.252. The van der Waals surface area contributed by atoms with E-state index in [-0.39, 0.29) is 5.41 Å². The molecule has 0 saturated carbocycles. The molecule has 0 radical (unpaired) electrons. The first-order valence-electron chi connectivity index (χ1n) is 6.97. The van der Waals surface area contributed by atoms with Crippen LogP contribution in [0, 0.1) is 10.8 Å². The van der Waals surface area contributed by atoms with Crippen LogP contribution in [0.5, 0.6) is 0 Å². The van der Waals surface area contributed by atoms with Gasteiger partial charge >= 0.3 is 0 Å². The van der Waals surface area contributed by atoms with Crippen molar-refractivity contribution in [3.63, 3.8) is 0 Å². The van der Waals surface area contributed by atoms with Crippen LogP contribution >= 0.6 is 0 Å². The fourth-order valence-electron chi connectivity index (χ4n) is 2.58. The number of nitrogens with zero attached hydrogens (tertiary/aromatic N) is 2. The largest absolute Gasteiger partial charge is 0.409 e. The number of oxime groups is 1. The van der Waals surface area contributed by atoms with Crippen LogP contribution in [0.15, 0.2) is 5.16 Å². The fourth-order valence-corrected chi connectivity index (χ4v) is 2.58. The SMILES string of the molecule is CC1(C)CCN(CCCCC(C)(C)C(N)=NO)C1. The maximum atomic E-state index is 8.71. The predicted octanol–water partition coefficient (Wildman–Crippen LogP) is 2.66. The zero-order valence-corrected chi connectivity index (χ0v) is 12.4. The maximum Gasteiger partial charge on any atom is 0.144 e. The monoisotopic (exact) mass is 255 g/mol. The van der Waals surface area contributed by atoms with Gasteiger partial charge in [-0.2, -0.15) is 0 Å². The fraction of sp³-hybridized carbons (Fsp3) is 0.929. The van der Waals surface area contributed by atoms with E-state index in [2.05, 4.69) is 23.9 Å². The molecule has 1 fully saturated rings. The third kappa shape index (κ3) is 4.48. The van der Waals surface area contributed by atoms with Gasteiger partial charge in [-0.3, -0.25) is 0 Å². The number of likely N-dealkylation sites (tertiary alicyclic amines) is 1. The van der Waals surface area contributed by atoms with Crippen molar-refractivity contribution >= 4 is 5.84 Å². The lowest BCUT2D eigenvalue weighted by molar-refractivity contribution is 0.277. The number of nitrogens with two attached hydrogens (primary N) is 1. The minimum Gasteiger partial charge on any atom is -0.409 e. The first kappa shape index (κ1) is 15.3. The number of unbranched alkanes of at least 4 members (excludes halogenated alkanes) is 1. The lowest BCUT2D eigenvalue weighted by Crippen LogP contribution is -2.32. The van der Waals surface area contributed by atoms with Crippen LogP contribution in [0.2, 0.25) is 0 Å². The summed E-state index contributed by atoms with van der Waals surface area (Å²) in [5.41, 5.74) is 5.98. The van der Waals surface area contributed by atoms with Gasteiger partial charge < -0.3 is 15.8 Å². The molecule has 18 heavy (non-hydrogen) atoms. The molecule has 1 saturated heterocycles. The van der Waals surface area contributed by atoms with Crippen LogP contribution in [-0.4, -0.2) is 35.6 Å². The Morgan fingerprint density at radius 3 is 2.56 bits per heavy atom. The third-order valence-corrected chi connectivity index (χ3v) is 4.08. The van der Waals surface area contributed by atoms with Crippen LogP contribution < -0.4 is 5.73 Å². The summed E-state index contributed by atoms with van der Waals surface area (Å²) in [6, 6.07) is 0. The summed E-state index contributed by atoms with van der Waals surface area (Å²) in [4.78, 5) is 2.55. The smallest absolute Gasteiger partial charge is 0.144 e. The summed E-state index contributed by atoms with van der Waals surface area (Å²) in [6.07, 6.45) is 4.60. The molecule has 1 aliphatic heterocycles. The summed E-state index contributed by atoms with van der Waals surface area (Å²) >= 11 is 0. The Morgan fingerprint density at radius 1 is 1.39 bits per heavy atom. The van der Waals surface area contributed by atoms with Gasteiger partial charge in [0.1, 0.15) is 5.84 Å². The van der Waals surface area contributed by atoms with Gasteiger partial charge in [0.05, 0.1) is 0 Å². The summed E-state index contributed by atoms with van der Waals surface area (Å²) in [7, 11) is 0. The van der Waals surface area contributed by atoms with Gasteiger partial charge in [0, 0.05) is 12.0 Å². The molecule has 4 nitrogen and oxygen atoms in total. The summed E-state index contributed by atoms with van der Waals surface area (Å²) < 4.78 is 0. The van der Waals surface area contributed by atoms with Gasteiger partial charge in [-0.1, -0.05) is 39.3 Å². The Kier molecular flexibility index (Phi) is 5.02. The Bertz CT molecular complexity index is 297. The van der Waals surface area contributed by atoms with Gasteiger partial charge in [0.25, 0.3) is 0 Å². The molecule has 0 spiro atoms. The van der Waals surface area contributed by atoms with Crippen molar-refractivity contribution in [2.75, 3.05) is 19.6 Å².